The molecule has 0 aromatic carbocycles. The number of ether oxygens (including phenoxy) is 1. The summed E-state index contributed by atoms with van der Waals surface area (Å²) in [5.74, 6) is -1.60. The van der Waals surface area contributed by atoms with Crippen molar-refractivity contribution in [3.63, 3.8) is 0 Å². The summed E-state index contributed by atoms with van der Waals surface area (Å²) in [7, 11) is 0. The van der Waals surface area contributed by atoms with Crippen LogP contribution in [0.5, 0.6) is 0 Å². The van der Waals surface area contributed by atoms with Gasteiger partial charge in [-0.05, 0) is 13.0 Å². The fourth-order valence-corrected chi connectivity index (χ4v) is 3.33. The molecule has 0 spiro atoms. The Labute approximate surface area is 154 Å². The Morgan fingerprint density at radius 1 is 1.48 bits per heavy atom. The standard InChI is InChI=1S/C18H20FN3O5/c1-9-18(26,8-23)13(24)5-12(27-9)15-14(10-3-2-4-21-6-10)11(19)7-22-16(15)17(20)25/h2-4,6-7,9,12-13,23-24,26H,5,8H2,1H3,(H2,20,25). The summed E-state index contributed by atoms with van der Waals surface area (Å²) >= 11 is 0. The number of carbonyl (C=O) groups is 1. The molecule has 1 fully saturated rings. The highest BCUT2D eigenvalue weighted by molar-refractivity contribution is 5.94. The van der Waals surface area contributed by atoms with E-state index in [1.165, 1.54) is 19.3 Å². The number of hydrogen-bond donors (Lipinski definition) is 4. The molecule has 9 heteroatoms. The van der Waals surface area contributed by atoms with E-state index in [0.717, 1.165) is 6.20 Å². The zero-order chi connectivity index (χ0) is 19.8. The third-order valence-corrected chi connectivity index (χ3v) is 4.92. The van der Waals surface area contributed by atoms with Gasteiger partial charge in [-0.3, -0.25) is 9.78 Å². The van der Waals surface area contributed by atoms with Gasteiger partial charge in [0.05, 0.1) is 31.1 Å². The van der Waals surface area contributed by atoms with E-state index in [-0.39, 0.29) is 23.2 Å². The minimum absolute atomic E-state index is 0.0331. The molecule has 3 rings (SSSR count). The predicted molar refractivity (Wildman–Crippen MR) is 91.9 cm³/mol. The zero-order valence-electron chi connectivity index (χ0n) is 14.5. The van der Waals surface area contributed by atoms with Gasteiger partial charge in [0.15, 0.2) is 0 Å². The number of rotatable bonds is 4. The van der Waals surface area contributed by atoms with Crippen molar-refractivity contribution in [2.75, 3.05) is 6.61 Å². The zero-order valence-corrected chi connectivity index (χ0v) is 14.5. The molecule has 27 heavy (non-hydrogen) atoms. The number of primary amides is 1. The monoisotopic (exact) mass is 377 g/mol. The van der Waals surface area contributed by atoms with E-state index in [9.17, 15) is 24.5 Å². The number of nitrogens with zero attached hydrogens (tertiary/aromatic N) is 2. The lowest BCUT2D eigenvalue weighted by Gasteiger charge is -2.44. The van der Waals surface area contributed by atoms with E-state index in [4.69, 9.17) is 10.5 Å². The van der Waals surface area contributed by atoms with Crippen LogP contribution in [0.4, 0.5) is 4.39 Å². The topological polar surface area (TPSA) is 139 Å². The van der Waals surface area contributed by atoms with Crippen molar-refractivity contribution in [3.05, 3.63) is 47.8 Å². The van der Waals surface area contributed by atoms with Crippen molar-refractivity contribution < 1.29 is 29.2 Å². The molecule has 3 heterocycles. The van der Waals surface area contributed by atoms with Crippen molar-refractivity contribution >= 4 is 5.91 Å². The van der Waals surface area contributed by atoms with E-state index >= 15 is 0 Å². The Hall–Kier alpha value is -2.46. The molecule has 0 aliphatic carbocycles. The van der Waals surface area contributed by atoms with Crippen LogP contribution in [-0.2, 0) is 4.74 Å². The maximum atomic E-state index is 14.7. The largest absolute Gasteiger partial charge is 0.393 e. The Balaban J connectivity index is 2.17. The number of pyridine rings is 2. The van der Waals surface area contributed by atoms with Gasteiger partial charge >= 0.3 is 0 Å². The summed E-state index contributed by atoms with van der Waals surface area (Å²) in [5.41, 5.74) is 3.83. The lowest BCUT2D eigenvalue weighted by Crippen LogP contribution is -2.58. The molecule has 2 aromatic rings. The summed E-state index contributed by atoms with van der Waals surface area (Å²) in [4.78, 5) is 19.7. The van der Waals surface area contributed by atoms with E-state index in [1.54, 1.807) is 12.1 Å². The number of carbonyl (C=O) groups excluding carboxylic acids is 1. The predicted octanol–water partition coefficient (Wildman–Crippen LogP) is 0.316. The van der Waals surface area contributed by atoms with Crippen LogP contribution in [0.3, 0.4) is 0 Å². The van der Waals surface area contributed by atoms with Crippen molar-refractivity contribution in [1.29, 1.82) is 0 Å². The van der Waals surface area contributed by atoms with Crippen molar-refractivity contribution in [2.45, 2.75) is 37.3 Å². The normalized spacial score (nSPS) is 28.1. The molecule has 144 valence electrons. The maximum Gasteiger partial charge on any atom is 0.267 e. The Bertz CT molecular complexity index is 836. The summed E-state index contributed by atoms with van der Waals surface area (Å²) in [6, 6.07) is 3.21. The highest BCUT2D eigenvalue weighted by Crippen LogP contribution is 2.42. The Morgan fingerprint density at radius 2 is 2.22 bits per heavy atom. The van der Waals surface area contributed by atoms with Gasteiger partial charge in [0, 0.05) is 35.5 Å². The van der Waals surface area contributed by atoms with E-state index in [1.807, 2.05) is 0 Å². The average molecular weight is 377 g/mol. The summed E-state index contributed by atoms with van der Waals surface area (Å²) < 4.78 is 20.4. The van der Waals surface area contributed by atoms with Crippen LogP contribution in [-0.4, -0.2) is 55.6 Å². The van der Waals surface area contributed by atoms with Crippen LogP contribution in [0.15, 0.2) is 30.7 Å². The fourth-order valence-electron chi connectivity index (χ4n) is 3.33. The summed E-state index contributed by atoms with van der Waals surface area (Å²) in [5, 5.41) is 30.2. The molecule has 1 amide bonds. The number of amides is 1. The molecule has 0 radical (unpaired) electrons. The van der Waals surface area contributed by atoms with Crippen LogP contribution >= 0.6 is 0 Å². The molecule has 2 aromatic heterocycles. The highest BCUT2D eigenvalue weighted by atomic mass is 19.1. The maximum absolute atomic E-state index is 14.7. The molecule has 4 unspecified atom stereocenters. The number of aromatic nitrogens is 2. The summed E-state index contributed by atoms with van der Waals surface area (Å²) in [6.45, 7) is 0.744. The quantitative estimate of drug-likeness (QED) is 0.602. The first-order valence-electron chi connectivity index (χ1n) is 8.35. The van der Waals surface area contributed by atoms with E-state index in [2.05, 4.69) is 9.97 Å². The molecular formula is C18H20FN3O5. The van der Waals surface area contributed by atoms with E-state index in [0.29, 0.717) is 5.56 Å². The van der Waals surface area contributed by atoms with Gasteiger partial charge in [-0.1, -0.05) is 6.07 Å². The second kappa shape index (κ2) is 7.28. The van der Waals surface area contributed by atoms with Gasteiger partial charge in [-0.25, -0.2) is 9.37 Å². The van der Waals surface area contributed by atoms with Crippen LogP contribution in [0.1, 0.15) is 35.5 Å². The van der Waals surface area contributed by atoms with Crippen molar-refractivity contribution in [2.24, 2.45) is 5.73 Å². The molecular weight excluding hydrogens is 357 g/mol. The summed E-state index contributed by atoms with van der Waals surface area (Å²) in [6.07, 6.45) is 0.270. The average Bonchev–Trinajstić information content (AvgIpc) is 2.65. The molecule has 8 nitrogen and oxygen atoms in total. The number of hydrogen-bond acceptors (Lipinski definition) is 7. The lowest BCUT2D eigenvalue weighted by molar-refractivity contribution is -0.236. The Kier molecular flexibility index (Phi) is 5.20. The third-order valence-electron chi connectivity index (χ3n) is 4.92. The molecule has 1 aliphatic heterocycles. The highest BCUT2D eigenvalue weighted by Gasteiger charge is 2.48. The SMILES string of the molecule is CC1OC(c2c(C(N)=O)ncc(F)c2-c2cccnc2)CC(O)C1(O)CO. The first kappa shape index (κ1) is 19.3. The molecule has 4 atom stereocenters. The van der Waals surface area contributed by atoms with E-state index < -0.39 is 42.2 Å². The number of aliphatic hydroxyl groups excluding tert-OH is 2. The fraction of sp³-hybridized carbons (Fsp3) is 0.389. The minimum Gasteiger partial charge on any atom is -0.393 e. The minimum atomic E-state index is -1.88. The van der Waals surface area contributed by atoms with Crippen LogP contribution < -0.4 is 5.73 Å². The number of halogens is 1. The van der Waals surface area contributed by atoms with Gasteiger partial charge in [-0.2, -0.15) is 0 Å². The van der Waals surface area contributed by atoms with Crippen LogP contribution in [0.2, 0.25) is 0 Å². The Morgan fingerprint density at radius 3 is 2.78 bits per heavy atom. The first-order valence-corrected chi connectivity index (χ1v) is 8.35. The van der Waals surface area contributed by atoms with Crippen molar-refractivity contribution in [3.8, 4) is 11.1 Å². The molecule has 5 N–H and O–H groups in total. The number of nitrogens with two attached hydrogens (primary N) is 1. The van der Waals surface area contributed by atoms with Crippen LogP contribution in [0.25, 0.3) is 11.1 Å². The van der Waals surface area contributed by atoms with Gasteiger partial charge in [0.2, 0.25) is 0 Å². The lowest BCUT2D eigenvalue weighted by atomic mass is 9.82. The molecule has 0 saturated carbocycles. The molecule has 0 bridgehead atoms. The number of aliphatic hydroxyl groups is 3. The second-order valence-electron chi connectivity index (χ2n) is 6.52. The second-order valence-corrected chi connectivity index (χ2v) is 6.52. The van der Waals surface area contributed by atoms with Gasteiger partial charge in [0.1, 0.15) is 17.1 Å². The first-order chi connectivity index (χ1) is 12.8. The molecule has 1 saturated heterocycles. The van der Waals surface area contributed by atoms with Crippen LogP contribution in [0, 0.1) is 5.82 Å². The third kappa shape index (κ3) is 3.30. The van der Waals surface area contributed by atoms with Gasteiger partial charge < -0.3 is 25.8 Å². The van der Waals surface area contributed by atoms with Gasteiger partial charge in [0.25, 0.3) is 5.91 Å². The van der Waals surface area contributed by atoms with Gasteiger partial charge in [-0.15, -0.1) is 0 Å². The smallest absolute Gasteiger partial charge is 0.267 e. The van der Waals surface area contributed by atoms with Crippen molar-refractivity contribution in [1.82, 2.24) is 9.97 Å². The molecule has 1 aliphatic rings.